The predicted molar refractivity (Wildman–Crippen MR) is 451 cm³/mol. The Morgan fingerprint density at radius 3 is 1.67 bits per heavy atom. The van der Waals surface area contributed by atoms with Crippen molar-refractivity contribution in [2.24, 2.45) is 23.7 Å². The topological polar surface area (TPSA) is 614 Å². The van der Waals surface area contributed by atoms with Gasteiger partial charge in [-0.2, -0.15) is 35.3 Å². The first kappa shape index (κ1) is 102. The third-order valence-corrected chi connectivity index (χ3v) is 24.5. The van der Waals surface area contributed by atoms with Gasteiger partial charge in [-0.25, -0.2) is 0 Å². The number of H-pyrrole nitrogens is 1. The van der Waals surface area contributed by atoms with Gasteiger partial charge in [0.1, 0.15) is 90.6 Å². The number of carbonyl (C=O) groups is 20. The number of hydrogen-bond acceptors (Lipinski definition) is 24. The number of carboxylic acid groups (broad SMARTS) is 1. The molecule has 44 heteroatoms. The van der Waals surface area contributed by atoms with Gasteiger partial charge in [-0.3, -0.25) is 95.9 Å². The number of aromatic amines is 1. The molecule has 1 aromatic carbocycles. The maximum atomic E-state index is 15.8. The summed E-state index contributed by atoms with van der Waals surface area (Å²) in [6.45, 7) is 19.2. The van der Waals surface area contributed by atoms with Crippen molar-refractivity contribution < 1.29 is 106 Å². The van der Waals surface area contributed by atoms with Gasteiger partial charge in [0.2, 0.25) is 106 Å². The van der Waals surface area contributed by atoms with Crippen molar-refractivity contribution in [2.75, 3.05) is 42.7 Å². The van der Waals surface area contributed by atoms with Crippen LogP contribution in [0.4, 0.5) is 0 Å². The number of hydrogen-bond donors (Lipinski definition) is 21. The molecule has 3 aliphatic heterocycles. The molecule has 1 aromatic heterocycles. The van der Waals surface area contributed by atoms with Gasteiger partial charge < -0.3 is 111 Å². The summed E-state index contributed by atoms with van der Waals surface area (Å²) in [6, 6.07) is -18.5. The fourth-order valence-corrected chi connectivity index (χ4v) is 15.9. The summed E-state index contributed by atoms with van der Waals surface area (Å²) >= 11 is 2.38. The minimum atomic E-state index is -1.91. The predicted octanol–water partition coefficient (Wildman–Crippen LogP) is -4.96. The molecule has 0 saturated carbocycles. The Kier molecular flexibility index (Phi) is 40.8. The van der Waals surface area contributed by atoms with E-state index in [1.54, 1.807) is 72.0 Å². The van der Waals surface area contributed by atoms with Crippen LogP contribution in [-0.2, 0) is 102 Å². The Labute approximate surface area is 719 Å². The molecular weight excluding hydrogens is 1650 g/mol. The Morgan fingerprint density at radius 1 is 0.508 bits per heavy atom. The second kappa shape index (κ2) is 48.9. The molecule has 3 aliphatic rings. The van der Waals surface area contributed by atoms with E-state index in [1.807, 2.05) is 0 Å². The highest BCUT2D eigenvalue weighted by Gasteiger charge is 2.43. The summed E-state index contributed by atoms with van der Waals surface area (Å²) in [6.07, 6.45) is -0.268. The highest BCUT2D eigenvalue weighted by atomic mass is 32.2. The molecule has 21 N–H and O–H groups in total. The van der Waals surface area contributed by atoms with Crippen LogP contribution in [0.5, 0.6) is 0 Å². The van der Waals surface area contributed by atoms with Crippen LogP contribution >= 0.6 is 35.3 Å². The zero-order valence-corrected chi connectivity index (χ0v) is 73.5. The Bertz CT molecular complexity index is 4150. The van der Waals surface area contributed by atoms with Gasteiger partial charge >= 0.3 is 5.97 Å². The van der Waals surface area contributed by atoms with Crippen molar-refractivity contribution in [3.05, 3.63) is 36.0 Å². The zero-order chi connectivity index (χ0) is 91.3. The molecular formula is C78H119N19O22S3. The van der Waals surface area contributed by atoms with Crippen LogP contribution in [0.25, 0.3) is 10.9 Å². The third kappa shape index (κ3) is 31.4. The van der Waals surface area contributed by atoms with Gasteiger partial charge in [0.15, 0.2) is 5.78 Å². The molecule has 0 aliphatic carbocycles. The molecule has 20 atom stereocenters. The lowest BCUT2D eigenvalue weighted by Gasteiger charge is -2.32. The first-order valence-electron chi connectivity index (χ1n) is 40.5. The number of benzene rings is 1. The summed E-state index contributed by atoms with van der Waals surface area (Å²) in [5, 5.41) is 64.1. The quantitative estimate of drug-likeness (QED) is 0.0586. The fourth-order valence-electron chi connectivity index (χ4n) is 12.6. The van der Waals surface area contributed by atoms with Crippen molar-refractivity contribution in [3.63, 3.8) is 0 Å². The number of amides is 18. The summed E-state index contributed by atoms with van der Waals surface area (Å²) < 4.78 is 0. The van der Waals surface area contributed by atoms with E-state index in [-0.39, 0.29) is 31.4 Å². The van der Waals surface area contributed by atoms with Crippen LogP contribution < -0.4 is 95.7 Å². The van der Waals surface area contributed by atoms with Gasteiger partial charge in [-0.15, -0.1) is 0 Å². The number of ketones is 1. The Hall–Kier alpha value is -10.6. The van der Waals surface area contributed by atoms with E-state index in [2.05, 4.69) is 101 Å². The number of aliphatic hydroxyl groups is 1. The SMILES string of the molecule is CCC(C)[C@@H]1NC(=O)[C@@H]2NC(=O)[C@H](CC(C)C)NC(=O)[C@H](NC(=O)[C@H]3CSC[C@H](C)C(=O)N[C@@H](CO)C(=O)NCC(=O)N[C@@H](Cc4c[nH]c5ccccc45)C(=O)N[C@@H](C(C)C)C(=O)N3)[C@H](C)SC[C@H](NC(=O)[C@H](CCC(=O)O)NC1=O)C(=O)NCC(=O)N[C@@H](CC)C(=O)N[C@@H](C)C(=O)N[C@@H](C)C(=O)N[C@H](C(=O)N[C@@H](C)C(=O)N[C@@H](C)C(C)=O)CS[C@H]2C. The van der Waals surface area contributed by atoms with E-state index >= 15 is 24.0 Å². The Morgan fingerprint density at radius 2 is 1.06 bits per heavy atom. The lowest BCUT2D eigenvalue weighted by molar-refractivity contribution is -0.139. The van der Waals surface area contributed by atoms with E-state index in [0.29, 0.717) is 28.2 Å². The molecule has 4 heterocycles. The van der Waals surface area contributed by atoms with Gasteiger partial charge in [-0.05, 0) is 83.3 Å². The van der Waals surface area contributed by atoms with Crippen LogP contribution in [0.3, 0.4) is 0 Å². The molecule has 2 aromatic rings. The van der Waals surface area contributed by atoms with Gasteiger partial charge in [0, 0.05) is 69.4 Å². The highest BCUT2D eigenvalue weighted by Crippen LogP contribution is 2.24. The number of carbonyl (C=O) groups excluding carboxylic acids is 19. The number of aliphatic hydroxyl groups excluding tert-OH is 1. The average Bonchev–Trinajstić information content (AvgIpc) is 1.57. The second-order valence-corrected chi connectivity index (χ2v) is 35.3. The molecule has 18 amide bonds. The molecule has 5 rings (SSSR count). The van der Waals surface area contributed by atoms with Crippen molar-refractivity contribution in [2.45, 2.75) is 250 Å². The smallest absolute Gasteiger partial charge is 0.303 e. The summed E-state index contributed by atoms with van der Waals surface area (Å²) in [5.41, 5.74) is 1.22. The molecule has 2 bridgehead atoms. The standard InChI is InChI=1S/C78H119N19O22S3/c1-16-36(7)60-76(117)88-49(22-23-58(102)103)70(111)92-54-32-121-43(14)61(97-74(115)53-31-120-30-37(8)63(104)90-52(29-98)67(108)80-28-57(101)87-51(72(113)94-59(35(5)6)75(116)93-53)25-45-26-79-48-21-19-18-20-46(45)48)77(118)89-50(24-34(3)4)71(112)96-62(78(119)95-60)44(15)122-33-55(73(114)85-39(10)64(105)82-38(9)42(13)99)91-66(107)41(12)83-65(106)40(11)84-69(110)47(17-2)86-56(100)27-81-68(54)109/h18-21,26,34-41,43-44,47,49-55,59-62,79,98H,16-17,22-25,27-33H2,1-15H3,(H,80,108)(H,81,109)(H,82,105)(H,83,106)(H,84,110)(H,85,114)(H,86,100)(H,87,101)(H,88,117)(H,89,118)(H,90,104)(H,91,107)(H,92,111)(H,93,116)(H,94,113)(H,95,119)(H,96,112)(H,97,115)(H,102,103)/t36?,37-,38-,39-,40-,41-,43-,44-,47-,49-,50-,51-,52-,53+,54-,55-,59-,60-,61+,62+/m0/s1. The van der Waals surface area contributed by atoms with Crippen LogP contribution in [0, 0.1) is 23.7 Å². The van der Waals surface area contributed by atoms with E-state index in [1.165, 1.54) is 62.3 Å². The zero-order valence-electron chi connectivity index (χ0n) is 71.1. The number of para-hydroxylation sites is 1. The van der Waals surface area contributed by atoms with Crippen LogP contribution in [0.2, 0.25) is 0 Å². The fraction of sp³-hybridized carbons (Fsp3) is 0.641. The normalized spacial score (nSPS) is 28.2. The maximum absolute atomic E-state index is 15.8. The van der Waals surface area contributed by atoms with Crippen LogP contribution in [0.15, 0.2) is 30.5 Å². The molecule has 122 heavy (non-hydrogen) atoms. The highest BCUT2D eigenvalue weighted by molar-refractivity contribution is 8.00. The molecule has 3 fully saturated rings. The second-order valence-electron chi connectivity index (χ2n) is 31.4. The largest absolute Gasteiger partial charge is 0.481 e. The van der Waals surface area contributed by atoms with Crippen molar-refractivity contribution in [1.29, 1.82) is 0 Å². The summed E-state index contributed by atoms with van der Waals surface area (Å²) in [4.78, 5) is 289. The molecule has 3 saturated heterocycles. The Balaban J connectivity index is 1.76. The van der Waals surface area contributed by atoms with Crippen LogP contribution in [-0.4, -0.2) is 283 Å². The number of rotatable bonds is 19. The van der Waals surface area contributed by atoms with Gasteiger partial charge in [0.25, 0.3) is 0 Å². The molecule has 676 valence electrons. The van der Waals surface area contributed by atoms with Crippen molar-refractivity contribution in [3.8, 4) is 0 Å². The number of Topliss-reactive ketones (excluding diaryl/α,β-unsaturated/α-hetero) is 1. The summed E-state index contributed by atoms with van der Waals surface area (Å²) in [7, 11) is 0. The lowest BCUT2D eigenvalue weighted by Crippen LogP contribution is -2.63. The van der Waals surface area contributed by atoms with Gasteiger partial charge in [-0.1, -0.05) is 93.9 Å². The number of thioether (sulfide) groups is 3. The van der Waals surface area contributed by atoms with Crippen molar-refractivity contribution >= 4 is 164 Å². The summed E-state index contributed by atoms with van der Waals surface area (Å²) in [5.74, 6) is -25.0. The number of aliphatic carboxylic acids is 1. The number of fused-ring (bicyclic) bond motifs is 10. The minimum absolute atomic E-state index is 0.118. The first-order valence-corrected chi connectivity index (χ1v) is 43.7. The molecule has 41 nitrogen and oxygen atoms in total. The first-order chi connectivity index (χ1) is 57.4. The van der Waals surface area contributed by atoms with Crippen LogP contribution in [0.1, 0.15) is 142 Å². The monoisotopic (exact) mass is 1770 g/mol. The van der Waals surface area contributed by atoms with E-state index in [4.69, 9.17) is 0 Å². The molecule has 1 unspecified atom stereocenters. The number of aromatic nitrogens is 1. The average molecular weight is 1770 g/mol. The minimum Gasteiger partial charge on any atom is -0.481 e. The van der Waals surface area contributed by atoms with Crippen molar-refractivity contribution in [1.82, 2.24) is 101 Å². The third-order valence-electron chi connectivity index (χ3n) is 20.5. The van der Waals surface area contributed by atoms with Gasteiger partial charge in [0.05, 0.1) is 25.7 Å². The molecule has 0 spiro atoms. The molecule has 0 radical (unpaired) electrons. The maximum Gasteiger partial charge on any atom is 0.303 e. The van der Waals surface area contributed by atoms with E-state index < -0.39 is 299 Å². The van der Waals surface area contributed by atoms with E-state index in [9.17, 15) is 82.1 Å². The van der Waals surface area contributed by atoms with E-state index in [0.717, 1.165) is 23.5 Å². The lowest BCUT2D eigenvalue weighted by atomic mass is 9.96. The number of nitrogens with one attached hydrogen (secondary N) is 19. The number of carboxylic acids is 1.